The van der Waals surface area contributed by atoms with Crippen molar-refractivity contribution in [3.8, 4) is 0 Å². The summed E-state index contributed by atoms with van der Waals surface area (Å²) in [6.07, 6.45) is -0.764. The van der Waals surface area contributed by atoms with Crippen LogP contribution in [-0.2, 0) is 4.79 Å². The lowest BCUT2D eigenvalue weighted by molar-refractivity contribution is -0.141. The number of nitrogens with one attached hydrogen (secondary N) is 1. The van der Waals surface area contributed by atoms with E-state index in [1.807, 2.05) is 0 Å². The molecule has 1 saturated heterocycles. The highest BCUT2D eigenvalue weighted by Gasteiger charge is 2.39. The van der Waals surface area contributed by atoms with Crippen LogP contribution in [0, 0.1) is 0 Å². The normalized spacial score (nSPS) is 21.9. The molecule has 1 aromatic carbocycles. The zero-order valence-electron chi connectivity index (χ0n) is 10.2. The number of carboxylic acids is 1. The first-order valence-corrected chi connectivity index (χ1v) is 7.40. The third kappa shape index (κ3) is 3.31. The maximum atomic E-state index is 12.1. The third-order valence-electron chi connectivity index (χ3n) is 3.00. The highest BCUT2D eigenvalue weighted by molar-refractivity contribution is 9.11. The molecule has 1 aliphatic heterocycles. The van der Waals surface area contributed by atoms with Crippen LogP contribution in [0.5, 0.6) is 0 Å². The van der Waals surface area contributed by atoms with Crippen molar-refractivity contribution in [3.63, 3.8) is 0 Å². The Morgan fingerprint density at radius 3 is 2.65 bits per heavy atom. The number of carbonyl (C=O) groups is 2. The van der Waals surface area contributed by atoms with Gasteiger partial charge in [-0.2, -0.15) is 0 Å². The van der Waals surface area contributed by atoms with E-state index in [1.54, 1.807) is 18.2 Å². The van der Waals surface area contributed by atoms with Gasteiger partial charge in [0.15, 0.2) is 0 Å². The Morgan fingerprint density at radius 1 is 1.35 bits per heavy atom. The van der Waals surface area contributed by atoms with Crippen LogP contribution in [0.3, 0.4) is 0 Å². The van der Waals surface area contributed by atoms with E-state index in [4.69, 9.17) is 5.11 Å². The average molecular weight is 408 g/mol. The fraction of sp³-hybridized carbons (Fsp3) is 0.333. The van der Waals surface area contributed by atoms with Gasteiger partial charge in [-0.05, 0) is 34.1 Å². The van der Waals surface area contributed by atoms with Gasteiger partial charge in [0.2, 0.25) is 0 Å². The van der Waals surface area contributed by atoms with Gasteiger partial charge in [-0.15, -0.1) is 0 Å². The van der Waals surface area contributed by atoms with Crippen molar-refractivity contribution in [3.05, 3.63) is 27.1 Å². The third-order valence-corrected chi connectivity index (χ3v) is 4.15. The minimum Gasteiger partial charge on any atom is -0.480 e. The number of aliphatic hydroxyl groups is 1. The van der Waals surface area contributed by atoms with E-state index in [2.05, 4.69) is 37.2 Å². The summed E-state index contributed by atoms with van der Waals surface area (Å²) in [5.74, 6) is -1.12. The molecular formula is C12H12Br2N2O4. The van der Waals surface area contributed by atoms with Gasteiger partial charge in [0, 0.05) is 21.9 Å². The quantitative estimate of drug-likeness (QED) is 0.701. The smallest absolute Gasteiger partial charge is 0.326 e. The highest BCUT2D eigenvalue weighted by atomic mass is 79.9. The van der Waals surface area contributed by atoms with Crippen LogP contribution in [0.1, 0.15) is 6.42 Å². The molecule has 2 amide bonds. The minimum absolute atomic E-state index is 0.0109. The van der Waals surface area contributed by atoms with E-state index in [9.17, 15) is 14.7 Å². The number of carbonyl (C=O) groups excluding carboxylic acids is 1. The predicted octanol–water partition coefficient (Wildman–Crippen LogP) is 2.26. The molecule has 0 unspecified atom stereocenters. The van der Waals surface area contributed by atoms with Gasteiger partial charge in [-0.25, -0.2) is 9.59 Å². The first-order chi connectivity index (χ1) is 9.38. The van der Waals surface area contributed by atoms with Crippen molar-refractivity contribution in [1.82, 2.24) is 4.90 Å². The Hall–Kier alpha value is -1.12. The van der Waals surface area contributed by atoms with Crippen LogP contribution >= 0.6 is 31.9 Å². The number of hydrogen-bond acceptors (Lipinski definition) is 3. The molecule has 2 rings (SSSR count). The molecule has 0 spiro atoms. The van der Waals surface area contributed by atoms with Crippen molar-refractivity contribution in [2.24, 2.45) is 0 Å². The van der Waals surface area contributed by atoms with Gasteiger partial charge in [0.05, 0.1) is 11.8 Å². The van der Waals surface area contributed by atoms with Gasteiger partial charge in [0.25, 0.3) is 0 Å². The monoisotopic (exact) mass is 406 g/mol. The lowest BCUT2D eigenvalue weighted by Gasteiger charge is -2.22. The van der Waals surface area contributed by atoms with Crippen LogP contribution < -0.4 is 5.32 Å². The number of rotatable bonds is 2. The zero-order valence-corrected chi connectivity index (χ0v) is 13.4. The fourth-order valence-corrected chi connectivity index (χ4v) is 3.20. The van der Waals surface area contributed by atoms with E-state index < -0.39 is 24.1 Å². The number of aliphatic carboxylic acids is 1. The Kier molecular flexibility index (Phi) is 4.66. The highest BCUT2D eigenvalue weighted by Crippen LogP contribution is 2.27. The molecule has 0 aliphatic carbocycles. The lowest BCUT2D eigenvalue weighted by atomic mass is 10.2. The summed E-state index contributed by atoms with van der Waals surface area (Å²) in [5.41, 5.74) is 0.531. The molecule has 0 radical (unpaired) electrons. The lowest BCUT2D eigenvalue weighted by Crippen LogP contribution is -2.43. The van der Waals surface area contributed by atoms with E-state index in [-0.39, 0.29) is 13.0 Å². The standard InChI is InChI=1S/C12H12Br2N2O4/c13-6-1-2-9(8(14)3-6)15-12(20)16-5-7(17)4-10(16)11(18)19/h1-3,7,10,17H,4-5H2,(H,15,20)(H,18,19)/t7-,10-/m0/s1. The SMILES string of the molecule is O=C(O)[C@@H]1C[C@H](O)CN1C(=O)Nc1ccc(Br)cc1Br. The number of carboxylic acid groups (broad SMARTS) is 1. The Bertz CT molecular complexity index is 552. The summed E-state index contributed by atoms with van der Waals surface area (Å²) in [4.78, 5) is 24.3. The Labute approximate surface area is 132 Å². The number of β-amino-alcohol motifs (C(OH)–C–C–N with tert-alkyl or cyclic N) is 1. The molecule has 1 aromatic rings. The molecule has 6 nitrogen and oxygen atoms in total. The second-order valence-electron chi connectivity index (χ2n) is 4.45. The second-order valence-corrected chi connectivity index (χ2v) is 6.22. The second kappa shape index (κ2) is 6.11. The van der Waals surface area contributed by atoms with Gasteiger partial charge < -0.3 is 20.4 Å². The molecule has 3 N–H and O–H groups in total. The van der Waals surface area contributed by atoms with Gasteiger partial charge in [-0.3, -0.25) is 0 Å². The van der Waals surface area contributed by atoms with Crippen molar-refractivity contribution in [1.29, 1.82) is 0 Å². The molecule has 0 bridgehead atoms. The number of aliphatic hydroxyl groups excluding tert-OH is 1. The number of hydrogen-bond donors (Lipinski definition) is 3. The fourth-order valence-electron chi connectivity index (χ4n) is 2.05. The summed E-state index contributed by atoms with van der Waals surface area (Å²) in [7, 11) is 0. The number of likely N-dealkylation sites (tertiary alicyclic amines) is 1. The summed E-state index contributed by atoms with van der Waals surface area (Å²) in [6, 6.07) is 3.67. The van der Waals surface area contributed by atoms with Crippen LogP contribution in [-0.4, -0.2) is 45.8 Å². The van der Waals surface area contributed by atoms with Gasteiger partial charge in [-0.1, -0.05) is 15.9 Å². The molecule has 2 atom stereocenters. The van der Waals surface area contributed by atoms with Crippen LogP contribution in [0.2, 0.25) is 0 Å². The predicted molar refractivity (Wildman–Crippen MR) is 79.6 cm³/mol. The van der Waals surface area contributed by atoms with Crippen LogP contribution in [0.25, 0.3) is 0 Å². The zero-order chi connectivity index (χ0) is 14.9. The summed E-state index contributed by atoms with van der Waals surface area (Å²) in [5, 5.41) is 21.2. The number of halogens is 2. The molecule has 0 saturated carbocycles. The maximum Gasteiger partial charge on any atom is 0.326 e. The van der Waals surface area contributed by atoms with E-state index in [1.165, 1.54) is 0 Å². The van der Waals surface area contributed by atoms with E-state index in [0.717, 1.165) is 9.37 Å². The van der Waals surface area contributed by atoms with E-state index in [0.29, 0.717) is 10.2 Å². The maximum absolute atomic E-state index is 12.1. The molecule has 0 aromatic heterocycles. The number of anilines is 1. The molecule has 1 heterocycles. The summed E-state index contributed by atoms with van der Waals surface area (Å²) >= 11 is 6.61. The molecule has 8 heteroatoms. The van der Waals surface area contributed by atoms with Crippen LogP contribution in [0.4, 0.5) is 10.5 Å². The van der Waals surface area contributed by atoms with Crippen molar-refractivity contribution in [2.75, 3.05) is 11.9 Å². The largest absolute Gasteiger partial charge is 0.480 e. The topological polar surface area (TPSA) is 89.9 Å². The van der Waals surface area contributed by atoms with Crippen molar-refractivity contribution in [2.45, 2.75) is 18.6 Å². The number of benzene rings is 1. The van der Waals surface area contributed by atoms with Crippen LogP contribution in [0.15, 0.2) is 27.1 Å². The number of nitrogens with zero attached hydrogens (tertiary/aromatic N) is 1. The summed E-state index contributed by atoms with van der Waals surface area (Å²) in [6.45, 7) is 0.0109. The molecule has 20 heavy (non-hydrogen) atoms. The van der Waals surface area contributed by atoms with E-state index >= 15 is 0 Å². The van der Waals surface area contributed by atoms with Gasteiger partial charge >= 0.3 is 12.0 Å². The van der Waals surface area contributed by atoms with Gasteiger partial charge in [0.1, 0.15) is 6.04 Å². The number of urea groups is 1. The minimum atomic E-state index is -1.12. The van der Waals surface area contributed by atoms with Crippen molar-refractivity contribution >= 4 is 49.5 Å². The molecule has 108 valence electrons. The summed E-state index contributed by atoms with van der Waals surface area (Å²) < 4.78 is 1.52. The number of amides is 2. The molecular weight excluding hydrogens is 396 g/mol. The average Bonchev–Trinajstić information content (AvgIpc) is 2.75. The Balaban J connectivity index is 2.13. The Morgan fingerprint density at radius 2 is 2.05 bits per heavy atom. The first-order valence-electron chi connectivity index (χ1n) is 5.82. The van der Waals surface area contributed by atoms with Crippen molar-refractivity contribution < 1.29 is 19.8 Å². The first kappa shape index (κ1) is 15.3. The molecule has 1 fully saturated rings. The molecule has 1 aliphatic rings.